The highest BCUT2D eigenvalue weighted by atomic mass is 16.5. The number of aromatic amines is 3. The Balaban J connectivity index is 1.69. The van der Waals surface area contributed by atoms with E-state index in [9.17, 15) is 19.5 Å². The summed E-state index contributed by atoms with van der Waals surface area (Å²) >= 11 is 0. The number of ether oxygens (including phenoxy) is 1. The molecule has 2 aliphatic heterocycles. The van der Waals surface area contributed by atoms with Gasteiger partial charge in [-0.2, -0.15) is 0 Å². The number of nitrogens with one attached hydrogen (secondary N) is 4. The number of ketones is 1. The van der Waals surface area contributed by atoms with Crippen molar-refractivity contribution in [1.82, 2.24) is 20.3 Å². The lowest BCUT2D eigenvalue weighted by atomic mass is 9.83. The van der Waals surface area contributed by atoms with Crippen molar-refractivity contribution in [2.45, 2.75) is 66.3 Å². The normalized spacial score (nSPS) is 25.2. The van der Waals surface area contributed by atoms with Gasteiger partial charge in [0.1, 0.15) is 5.92 Å². The van der Waals surface area contributed by atoms with E-state index < -0.39 is 17.9 Å². The van der Waals surface area contributed by atoms with Crippen LogP contribution < -0.4 is 16.0 Å². The first kappa shape index (κ1) is 29.5. The summed E-state index contributed by atoms with van der Waals surface area (Å²) in [5.41, 5.74) is 10.5. The lowest BCUT2D eigenvalue weighted by Gasteiger charge is -2.20. The molecule has 1 fully saturated rings. The molecule has 0 spiro atoms. The zero-order valence-electron chi connectivity index (χ0n) is 26.2. The molecule has 6 rings (SSSR count). The number of rotatable bonds is 6. The summed E-state index contributed by atoms with van der Waals surface area (Å²) in [6.07, 6.45) is 7.87. The Morgan fingerprint density at radius 3 is 2.45 bits per heavy atom. The Kier molecular flexibility index (Phi) is 7.30. The third-order valence-corrected chi connectivity index (χ3v) is 10.2. The van der Waals surface area contributed by atoms with Gasteiger partial charge in [-0.1, -0.05) is 26.5 Å². The second kappa shape index (κ2) is 10.9. The minimum Gasteiger partial charge on any atom is -0.481 e. The van der Waals surface area contributed by atoms with E-state index in [0.29, 0.717) is 29.7 Å². The van der Waals surface area contributed by atoms with Crippen LogP contribution in [0.15, 0.2) is 12.3 Å². The van der Waals surface area contributed by atoms with Gasteiger partial charge in [-0.05, 0) is 73.9 Å². The number of hydrogen-bond donors (Lipinski definition) is 5. The van der Waals surface area contributed by atoms with Crippen molar-refractivity contribution in [1.29, 1.82) is 0 Å². The average molecular weight is 597 g/mol. The standard InChI is InChI=1S/C35H40N4O5/c1-8-19-15(3)22-12-24-17(5)21(10-11-28(40)41)32(38-24)30-31(35(43)44-7)34(42)29-18(6)25(39-33(29)30)14-27-20(9-2)16(4)23(37-27)13-26(19)36-22/h8,13-14,17,21,24,31,36-39H,1,9-12H2,2-7H3,(H,40,41)/b23-13-,27-14-,32-30-/t17-,21-,24?,31+/m0/s1. The number of fused-ring (bicyclic) bond motifs is 7. The number of carbonyl (C=O) groups is 3. The smallest absolute Gasteiger partial charge is 0.321 e. The van der Waals surface area contributed by atoms with Gasteiger partial charge >= 0.3 is 11.9 Å². The van der Waals surface area contributed by atoms with Crippen molar-refractivity contribution in [2.24, 2.45) is 17.8 Å². The Hall–Kier alpha value is -4.53. The second-order valence-corrected chi connectivity index (χ2v) is 12.4. The molecule has 8 bridgehead atoms. The fourth-order valence-corrected chi connectivity index (χ4v) is 7.68. The van der Waals surface area contributed by atoms with Gasteiger partial charge < -0.3 is 30.1 Å². The van der Waals surface area contributed by atoms with Crippen LogP contribution in [0.2, 0.25) is 0 Å². The SMILES string of the molecule is C=Cc1c2[nH]c(c1C)CC1N/C(=C3\c4[nH]c(c(C)c4C(=O)[C@@H]3C(=O)OC)/C=c3\[nH]/c(c(C)c3CC)=C\2)[C@@H](CCC(=O)O)[C@@H]1C. The highest BCUT2D eigenvalue weighted by Gasteiger charge is 2.49. The molecular weight excluding hydrogens is 556 g/mol. The van der Waals surface area contributed by atoms with Crippen LogP contribution in [0.4, 0.5) is 0 Å². The van der Waals surface area contributed by atoms with E-state index in [0.717, 1.165) is 62.2 Å². The van der Waals surface area contributed by atoms with Gasteiger partial charge in [0, 0.05) is 75.0 Å². The first-order chi connectivity index (χ1) is 21.0. The summed E-state index contributed by atoms with van der Waals surface area (Å²) in [7, 11) is 1.29. The van der Waals surface area contributed by atoms with Gasteiger partial charge in [0.15, 0.2) is 5.78 Å². The molecule has 3 aromatic heterocycles. The number of methoxy groups -OCH3 is 1. The maximum atomic E-state index is 14.0. The summed E-state index contributed by atoms with van der Waals surface area (Å²) < 4.78 is 5.17. The Morgan fingerprint density at radius 1 is 1.07 bits per heavy atom. The van der Waals surface area contributed by atoms with Crippen LogP contribution >= 0.6 is 0 Å². The van der Waals surface area contributed by atoms with E-state index in [1.54, 1.807) is 0 Å². The van der Waals surface area contributed by atoms with Gasteiger partial charge in [-0.3, -0.25) is 14.4 Å². The summed E-state index contributed by atoms with van der Waals surface area (Å²) in [6.45, 7) is 14.5. The minimum absolute atomic E-state index is 0.0225. The third kappa shape index (κ3) is 4.40. The Labute approximate surface area is 256 Å². The molecule has 5 N–H and O–H groups in total. The number of carboxylic acids is 1. The minimum atomic E-state index is -1.13. The van der Waals surface area contributed by atoms with Crippen LogP contribution in [0.1, 0.15) is 87.6 Å². The van der Waals surface area contributed by atoms with Crippen molar-refractivity contribution >= 4 is 41.5 Å². The molecule has 230 valence electrons. The molecule has 4 atom stereocenters. The molecule has 0 radical (unpaired) electrons. The van der Waals surface area contributed by atoms with E-state index in [2.05, 4.69) is 60.6 Å². The summed E-state index contributed by atoms with van der Waals surface area (Å²) in [4.78, 5) is 49.8. The van der Waals surface area contributed by atoms with Crippen LogP contribution in [0.25, 0.3) is 23.8 Å². The molecule has 1 unspecified atom stereocenters. The number of allylic oxidation sites excluding steroid dienone is 1. The lowest BCUT2D eigenvalue weighted by molar-refractivity contribution is -0.142. The molecule has 3 aromatic rings. The number of carboxylic acid groups (broad SMARTS) is 1. The Morgan fingerprint density at radius 2 is 1.80 bits per heavy atom. The quantitative estimate of drug-likeness (QED) is 0.217. The first-order valence-electron chi connectivity index (χ1n) is 15.3. The number of aliphatic carboxylic acids is 1. The van der Waals surface area contributed by atoms with Crippen molar-refractivity contribution in [2.75, 3.05) is 7.11 Å². The molecule has 0 saturated carbocycles. The third-order valence-electron chi connectivity index (χ3n) is 10.2. The number of hydrogen-bond acceptors (Lipinski definition) is 5. The van der Waals surface area contributed by atoms with Gasteiger partial charge in [-0.15, -0.1) is 0 Å². The van der Waals surface area contributed by atoms with Crippen molar-refractivity contribution in [3.63, 3.8) is 0 Å². The largest absolute Gasteiger partial charge is 0.481 e. The average Bonchev–Trinajstić information content (AvgIpc) is 3.72. The van der Waals surface area contributed by atoms with Crippen LogP contribution in [0.3, 0.4) is 0 Å². The maximum absolute atomic E-state index is 14.0. The number of esters is 1. The zero-order valence-corrected chi connectivity index (χ0v) is 26.2. The fourth-order valence-electron chi connectivity index (χ4n) is 7.68. The zero-order chi connectivity index (χ0) is 31.6. The maximum Gasteiger partial charge on any atom is 0.321 e. The number of H-pyrrole nitrogens is 3. The van der Waals surface area contributed by atoms with E-state index in [1.165, 1.54) is 12.7 Å². The van der Waals surface area contributed by atoms with Crippen molar-refractivity contribution in [3.05, 3.63) is 79.1 Å². The summed E-state index contributed by atoms with van der Waals surface area (Å²) in [5, 5.41) is 15.3. The van der Waals surface area contributed by atoms with E-state index in [4.69, 9.17) is 4.74 Å². The van der Waals surface area contributed by atoms with Gasteiger partial charge in [0.2, 0.25) is 0 Å². The van der Waals surface area contributed by atoms with Crippen LogP contribution in [0.5, 0.6) is 0 Å². The molecule has 5 heterocycles. The predicted molar refractivity (Wildman–Crippen MR) is 169 cm³/mol. The van der Waals surface area contributed by atoms with Crippen molar-refractivity contribution in [3.8, 4) is 0 Å². The molecule has 44 heavy (non-hydrogen) atoms. The van der Waals surface area contributed by atoms with Crippen molar-refractivity contribution < 1.29 is 24.2 Å². The lowest BCUT2D eigenvalue weighted by Crippen LogP contribution is -2.29. The number of aromatic nitrogens is 3. The van der Waals surface area contributed by atoms with Crippen LogP contribution in [0, 0.1) is 38.5 Å². The van der Waals surface area contributed by atoms with Gasteiger partial charge in [0.25, 0.3) is 0 Å². The van der Waals surface area contributed by atoms with Crippen LogP contribution in [-0.2, 0) is 27.2 Å². The number of Topliss-reactive ketones (excluding diaryl/α,β-unsaturated/α-hetero) is 1. The van der Waals surface area contributed by atoms with Crippen LogP contribution in [-0.4, -0.2) is 50.9 Å². The Bertz CT molecular complexity index is 1900. The summed E-state index contributed by atoms with van der Waals surface area (Å²) in [6, 6.07) is -0.0721. The molecule has 0 aromatic carbocycles. The van der Waals surface area contributed by atoms with E-state index >= 15 is 0 Å². The van der Waals surface area contributed by atoms with Gasteiger partial charge in [-0.25, -0.2) is 0 Å². The van der Waals surface area contributed by atoms with E-state index in [-0.39, 0.29) is 30.1 Å². The second-order valence-electron chi connectivity index (χ2n) is 12.4. The highest BCUT2D eigenvalue weighted by Crippen LogP contribution is 2.47. The number of carbonyl (C=O) groups excluding carboxylic acids is 2. The molecule has 0 amide bonds. The van der Waals surface area contributed by atoms with Gasteiger partial charge in [0.05, 0.1) is 12.8 Å². The fraction of sp³-hybridized carbons (Fsp3) is 0.400. The molecule has 1 saturated heterocycles. The molecule has 1 aliphatic carbocycles. The highest BCUT2D eigenvalue weighted by molar-refractivity contribution is 6.24. The van der Waals surface area contributed by atoms with E-state index in [1.807, 2.05) is 19.1 Å². The predicted octanol–water partition coefficient (Wildman–Crippen LogP) is 3.80. The molecular formula is C35H40N4O5. The first-order valence-corrected chi connectivity index (χ1v) is 15.3. The molecule has 9 heteroatoms. The molecule has 9 nitrogen and oxygen atoms in total. The topological polar surface area (TPSA) is 140 Å². The molecule has 3 aliphatic rings. The monoisotopic (exact) mass is 596 g/mol. The summed E-state index contributed by atoms with van der Waals surface area (Å²) in [5.74, 6) is -3.11.